The molecule has 0 unspecified atom stereocenters. The smallest absolute Gasteiger partial charge is 0.253 e. The molecule has 0 saturated carbocycles. The van der Waals surface area contributed by atoms with Gasteiger partial charge < -0.3 is 9.30 Å². The van der Waals surface area contributed by atoms with Crippen molar-refractivity contribution in [3.8, 4) is 22.8 Å². The molecule has 2 heterocycles. The first-order valence-electron chi connectivity index (χ1n) is 8.32. The molecule has 0 spiro atoms. The van der Waals surface area contributed by atoms with Gasteiger partial charge in [0.15, 0.2) is 11.6 Å². The first kappa shape index (κ1) is 20.5. The standard InChI is InChI=1S/C19H17F2N3O4S/c1-11-6-12(10-24(2)19(11)25)16-8-14(9-18(22-16)23-29(3,26)27)28-17-5-4-13(20)7-15(17)21/h4-10H,1-3H3,(H,22,23). The molecule has 0 atom stereocenters. The SMILES string of the molecule is Cc1cc(-c2cc(Oc3ccc(F)cc3F)cc(NS(C)(=O)=O)n2)cn(C)c1=O. The Morgan fingerprint density at radius 1 is 1.14 bits per heavy atom. The highest BCUT2D eigenvalue weighted by atomic mass is 32.2. The van der Waals surface area contributed by atoms with Gasteiger partial charge in [0.1, 0.15) is 17.4 Å². The van der Waals surface area contributed by atoms with Gasteiger partial charge in [0.2, 0.25) is 10.0 Å². The fourth-order valence-electron chi connectivity index (χ4n) is 2.66. The molecule has 1 aromatic carbocycles. The van der Waals surface area contributed by atoms with E-state index in [1.54, 1.807) is 20.0 Å². The monoisotopic (exact) mass is 421 g/mol. The van der Waals surface area contributed by atoms with Crippen molar-refractivity contribution in [1.29, 1.82) is 0 Å². The summed E-state index contributed by atoms with van der Waals surface area (Å²) in [4.78, 5) is 16.2. The highest BCUT2D eigenvalue weighted by Gasteiger charge is 2.13. The van der Waals surface area contributed by atoms with Crippen LogP contribution in [0.3, 0.4) is 0 Å². The van der Waals surface area contributed by atoms with E-state index in [-0.39, 0.29) is 28.6 Å². The van der Waals surface area contributed by atoms with Crippen LogP contribution in [0.15, 0.2) is 47.4 Å². The number of hydrogen-bond donors (Lipinski definition) is 1. The Labute approximate surface area is 165 Å². The first-order chi connectivity index (χ1) is 13.5. The maximum absolute atomic E-state index is 14.0. The average molecular weight is 421 g/mol. The third-order valence-electron chi connectivity index (χ3n) is 3.87. The fraction of sp³-hybridized carbons (Fsp3) is 0.158. The Kier molecular flexibility index (Phi) is 5.38. The molecule has 0 aliphatic rings. The van der Waals surface area contributed by atoms with E-state index in [0.717, 1.165) is 18.4 Å². The van der Waals surface area contributed by atoms with Gasteiger partial charge in [-0.25, -0.2) is 22.2 Å². The van der Waals surface area contributed by atoms with Crippen molar-refractivity contribution in [1.82, 2.24) is 9.55 Å². The minimum absolute atomic E-state index is 0.0611. The summed E-state index contributed by atoms with van der Waals surface area (Å²) in [5.74, 6) is -1.91. The van der Waals surface area contributed by atoms with E-state index in [9.17, 15) is 22.0 Å². The highest BCUT2D eigenvalue weighted by molar-refractivity contribution is 7.92. The molecule has 0 saturated heterocycles. The number of pyridine rings is 2. The molecule has 10 heteroatoms. The minimum atomic E-state index is -3.65. The van der Waals surface area contributed by atoms with E-state index < -0.39 is 21.7 Å². The van der Waals surface area contributed by atoms with Crippen LogP contribution in [0.5, 0.6) is 11.5 Å². The van der Waals surface area contributed by atoms with Gasteiger partial charge in [-0.15, -0.1) is 0 Å². The van der Waals surface area contributed by atoms with Crippen molar-refractivity contribution in [2.24, 2.45) is 7.05 Å². The lowest BCUT2D eigenvalue weighted by atomic mass is 10.1. The van der Waals surface area contributed by atoms with Crippen molar-refractivity contribution in [3.05, 3.63) is 70.1 Å². The summed E-state index contributed by atoms with van der Waals surface area (Å²) in [5.41, 5.74) is 1.07. The largest absolute Gasteiger partial charge is 0.454 e. The van der Waals surface area contributed by atoms with Crippen LogP contribution in [0.2, 0.25) is 0 Å². The molecule has 29 heavy (non-hydrogen) atoms. The summed E-state index contributed by atoms with van der Waals surface area (Å²) in [6.07, 6.45) is 2.49. The minimum Gasteiger partial charge on any atom is -0.454 e. The number of halogens is 2. The molecule has 0 aliphatic carbocycles. The number of benzene rings is 1. The lowest BCUT2D eigenvalue weighted by molar-refractivity contribution is 0.437. The normalized spacial score (nSPS) is 11.3. The number of aromatic nitrogens is 2. The number of nitrogens with one attached hydrogen (secondary N) is 1. The molecule has 1 N–H and O–H groups in total. The number of hydrogen-bond acceptors (Lipinski definition) is 5. The second-order valence-corrected chi connectivity index (χ2v) is 8.20. The number of rotatable bonds is 5. The van der Waals surface area contributed by atoms with Gasteiger partial charge in [0.25, 0.3) is 5.56 Å². The summed E-state index contributed by atoms with van der Waals surface area (Å²) in [6, 6.07) is 7.13. The first-order valence-corrected chi connectivity index (χ1v) is 10.2. The van der Waals surface area contributed by atoms with Crippen LogP contribution in [0.4, 0.5) is 14.6 Å². The molecule has 0 fully saturated rings. The van der Waals surface area contributed by atoms with Crippen molar-refractivity contribution in [2.45, 2.75) is 6.92 Å². The van der Waals surface area contributed by atoms with Gasteiger partial charge in [-0.2, -0.15) is 0 Å². The number of anilines is 1. The average Bonchev–Trinajstić information content (AvgIpc) is 2.60. The van der Waals surface area contributed by atoms with Gasteiger partial charge in [0, 0.05) is 42.6 Å². The van der Waals surface area contributed by atoms with E-state index in [4.69, 9.17) is 4.74 Å². The van der Waals surface area contributed by atoms with Crippen LogP contribution in [0, 0.1) is 18.6 Å². The van der Waals surface area contributed by atoms with Gasteiger partial charge in [0.05, 0.1) is 11.9 Å². The van der Waals surface area contributed by atoms with Crippen LogP contribution in [-0.4, -0.2) is 24.2 Å². The number of aryl methyl sites for hydroxylation is 2. The van der Waals surface area contributed by atoms with Crippen LogP contribution < -0.4 is 15.0 Å². The Bertz CT molecular complexity index is 1230. The fourth-order valence-corrected chi connectivity index (χ4v) is 3.14. The molecular weight excluding hydrogens is 404 g/mol. The molecule has 3 rings (SSSR count). The third-order valence-corrected chi connectivity index (χ3v) is 4.45. The molecule has 0 radical (unpaired) electrons. The Morgan fingerprint density at radius 2 is 1.86 bits per heavy atom. The summed E-state index contributed by atoms with van der Waals surface area (Å²) >= 11 is 0. The molecule has 0 amide bonds. The van der Waals surface area contributed by atoms with Crippen molar-refractivity contribution >= 4 is 15.8 Å². The zero-order chi connectivity index (χ0) is 21.3. The van der Waals surface area contributed by atoms with Gasteiger partial charge in [-0.1, -0.05) is 0 Å². The van der Waals surface area contributed by atoms with Crippen molar-refractivity contribution in [3.63, 3.8) is 0 Å². The van der Waals surface area contributed by atoms with Crippen LogP contribution in [0.1, 0.15) is 5.56 Å². The second-order valence-electron chi connectivity index (χ2n) is 6.45. The van der Waals surface area contributed by atoms with Gasteiger partial charge in [-0.3, -0.25) is 9.52 Å². The Balaban J connectivity index is 2.12. The molecule has 3 aromatic rings. The molecule has 7 nitrogen and oxygen atoms in total. The topological polar surface area (TPSA) is 90.3 Å². The number of sulfonamides is 1. The van der Waals surface area contributed by atoms with E-state index in [1.165, 1.54) is 22.9 Å². The predicted molar refractivity (Wildman–Crippen MR) is 105 cm³/mol. The lowest BCUT2D eigenvalue weighted by Gasteiger charge is -2.12. The van der Waals surface area contributed by atoms with Crippen LogP contribution in [0.25, 0.3) is 11.3 Å². The van der Waals surface area contributed by atoms with Crippen molar-refractivity contribution in [2.75, 3.05) is 11.0 Å². The molecule has 0 aliphatic heterocycles. The zero-order valence-corrected chi connectivity index (χ0v) is 16.5. The second kappa shape index (κ2) is 7.63. The molecule has 2 aromatic heterocycles. The van der Waals surface area contributed by atoms with Gasteiger partial charge in [-0.05, 0) is 25.1 Å². The summed E-state index contributed by atoms with van der Waals surface area (Å²) in [5, 5.41) is 0. The van der Waals surface area contributed by atoms with Crippen LogP contribution in [-0.2, 0) is 17.1 Å². The zero-order valence-electron chi connectivity index (χ0n) is 15.7. The highest BCUT2D eigenvalue weighted by Crippen LogP contribution is 2.30. The quantitative estimate of drug-likeness (QED) is 0.683. The Hall–Kier alpha value is -3.27. The van der Waals surface area contributed by atoms with E-state index in [0.29, 0.717) is 17.2 Å². The summed E-state index contributed by atoms with van der Waals surface area (Å²) < 4.78 is 59.4. The number of ether oxygens (including phenoxy) is 1. The number of nitrogens with zero attached hydrogens (tertiary/aromatic N) is 2. The molecular formula is C19H17F2N3O4S. The maximum atomic E-state index is 14.0. The predicted octanol–water partition coefficient (Wildman–Crippen LogP) is 3.20. The van der Waals surface area contributed by atoms with Crippen molar-refractivity contribution < 1.29 is 21.9 Å². The summed E-state index contributed by atoms with van der Waals surface area (Å²) in [6.45, 7) is 1.63. The van der Waals surface area contributed by atoms with E-state index in [2.05, 4.69) is 9.71 Å². The lowest BCUT2D eigenvalue weighted by Crippen LogP contribution is -2.18. The summed E-state index contributed by atoms with van der Waals surface area (Å²) in [7, 11) is -2.08. The maximum Gasteiger partial charge on any atom is 0.253 e. The third kappa shape index (κ3) is 4.96. The molecule has 152 valence electrons. The Morgan fingerprint density at radius 3 is 2.48 bits per heavy atom. The van der Waals surface area contributed by atoms with E-state index in [1.807, 2.05) is 0 Å². The van der Waals surface area contributed by atoms with E-state index >= 15 is 0 Å². The molecule has 0 bridgehead atoms. The van der Waals surface area contributed by atoms with Crippen LogP contribution >= 0.6 is 0 Å². The van der Waals surface area contributed by atoms with Gasteiger partial charge >= 0.3 is 0 Å².